The van der Waals surface area contributed by atoms with Gasteiger partial charge in [0.25, 0.3) is 0 Å². The molecule has 0 fully saturated rings. The first-order valence-electron chi connectivity index (χ1n) is 16.6. The third-order valence-corrected chi connectivity index (χ3v) is 11.8. The molecule has 1 aliphatic rings. The predicted molar refractivity (Wildman–Crippen MR) is 186 cm³/mol. The van der Waals surface area contributed by atoms with Gasteiger partial charge in [0, 0.05) is 36.5 Å². The highest BCUT2D eigenvalue weighted by Crippen LogP contribution is 2.41. The smallest absolute Gasteiger partial charge is 0.306 e. The van der Waals surface area contributed by atoms with Crippen molar-refractivity contribution >= 4 is 26.7 Å². The molecule has 2 aromatic carbocycles. The number of aromatic nitrogens is 5. The minimum atomic E-state index is -3.65. The van der Waals surface area contributed by atoms with Gasteiger partial charge in [-0.05, 0) is 61.3 Å². The Hall–Kier alpha value is -4.65. The first-order chi connectivity index (χ1) is 23.6. The molecule has 5 aromatic rings. The fourth-order valence-corrected chi connectivity index (χ4v) is 8.96. The summed E-state index contributed by atoms with van der Waals surface area (Å²) in [5, 5.41) is 14.7. The Bertz CT molecular complexity index is 2200. The van der Waals surface area contributed by atoms with E-state index in [1.165, 1.54) is 18.5 Å². The molecular formula is C37H41F2N5O5S. The minimum absolute atomic E-state index is 0.0586. The second-order valence-electron chi connectivity index (χ2n) is 14.4. The fourth-order valence-electron chi connectivity index (χ4n) is 6.96. The van der Waals surface area contributed by atoms with Crippen molar-refractivity contribution in [2.75, 3.05) is 11.5 Å². The van der Waals surface area contributed by atoms with E-state index in [2.05, 4.69) is 9.97 Å². The normalized spacial score (nSPS) is 19.9. The van der Waals surface area contributed by atoms with E-state index in [1.807, 2.05) is 45.0 Å². The number of carboxylic acids is 1. The summed E-state index contributed by atoms with van der Waals surface area (Å²) in [6.07, 6.45) is 5.01. The first-order valence-corrected chi connectivity index (χ1v) is 18.4. The Labute approximate surface area is 289 Å². The van der Waals surface area contributed by atoms with E-state index in [-0.39, 0.29) is 40.5 Å². The molecule has 13 heteroatoms. The van der Waals surface area contributed by atoms with Gasteiger partial charge in [-0.1, -0.05) is 51.5 Å². The molecule has 0 saturated heterocycles. The average Bonchev–Trinajstić information content (AvgIpc) is 3.70. The molecule has 0 unspecified atom stereocenters. The van der Waals surface area contributed by atoms with Crippen LogP contribution in [0.15, 0.2) is 54.9 Å². The van der Waals surface area contributed by atoms with Crippen LogP contribution in [0.5, 0.6) is 11.5 Å². The van der Waals surface area contributed by atoms with Crippen LogP contribution in [-0.2, 0) is 39.9 Å². The molecule has 4 bridgehead atoms. The highest BCUT2D eigenvalue weighted by atomic mass is 32.2. The minimum Gasteiger partial charge on any atom is -0.481 e. The lowest BCUT2D eigenvalue weighted by atomic mass is 9.75. The number of carboxylic acid groups (broad SMARTS) is 1. The summed E-state index contributed by atoms with van der Waals surface area (Å²) in [6.45, 7) is 7.54. The zero-order chi connectivity index (χ0) is 36.0. The summed E-state index contributed by atoms with van der Waals surface area (Å²) >= 11 is 0. The zero-order valence-corrected chi connectivity index (χ0v) is 29.6. The number of rotatable bonds is 4. The highest BCUT2D eigenvalue weighted by Gasteiger charge is 2.36. The molecule has 0 aliphatic carbocycles. The molecule has 1 aliphatic heterocycles. The largest absolute Gasteiger partial charge is 0.481 e. The SMILES string of the molecule is C[C@H](Cc1cccc([C@@]2(C)CCCC(C)(C)CS(=O)(=O)CCc3c(c(F)c(F)c4[nH]ccc34)Oc3ccnc(c3)-c3nc2nn3C)c1)C(=O)O. The molecule has 6 rings (SSSR count). The van der Waals surface area contributed by atoms with Gasteiger partial charge in [0.15, 0.2) is 33.1 Å². The van der Waals surface area contributed by atoms with E-state index in [0.717, 1.165) is 11.1 Å². The lowest BCUT2D eigenvalue weighted by molar-refractivity contribution is -0.141. The molecule has 0 amide bonds. The number of carbonyl (C=O) groups is 1. The maximum Gasteiger partial charge on any atom is 0.306 e. The van der Waals surface area contributed by atoms with Crippen molar-refractivity contribution in [1.29, 1.82) is 0 Å². The van der Waals surface area contributed by atoms with Crippen molar-refractivity contribution in [3.63, 3.8) is 0 Å². The lowest BCUT2D eigenvalue weighted by Crippen LogP contribution is -2.29. The molecule has 10 nitrogen and oxygen atoms in total. The Balaban J connectivity index is 1.49. The van der Waals surface area contributed by atoms with Gasteiger partial charge in [-0.2, -0.15) is 9.49 Å². The summed E-state index contributed by atoms with van der Waals surface area (Å²) in [7, 11) is -1.91. The van der Waals surface area contributed by atoms with Gasteiger partial charge in [-0.3, -0.25) is 9.78 Å². The second kappa shape index (κ2) is 13.2. The van der Waals surface area contributed by atoms with E-state index < -0.39 is 44.2 Å². The van der Waals surface area contributed by atoms with Crippen LogP contribution < -0.4 is 4.74 Å². The number of aromatic amines is 1. The number of benzene rings is 2. The van der Waals surface area contributed by atoms with Gasteiger partial charge in [0.2, 0.25) is 5.82 Å². The van der Waals surface area contributed by atoms with Crippen molar-refractivity contribution in [3.05, 3.63) is 89.0 Å². The fraction of sp³-hybridized carbons (Fsp3) is 0.405. The van der Waals surface area contributed by atoms with Gasteiger partial charge in [0.1, 0.15) is 11.4 Å². The molecule has 3 aromatic heterocycles. The van der Waals surface area contributed by atoms with Gasteiger partial charge >= 0.3 is 5.97 Å². The number of nitrogens with one attached hydrogen (secondary N) is 1. The number of hydrogen-bond acceptors (Lipinski definition) is 7. The average molecular weight is 706 g/mol. The number of ether oxygens (including phenoxy) is 1. The van der Waals surface area contributed by atoms with E-state index in [0.29, 0.717) is 48.4 Å². The van der Waals surface area contributed by atoms with Gasteiger partial charge in [0.05, 0.1) is 28.4 Å². The quantitative estimate of drug-likeness (QED) is 0.201. The molecule has 2 atom stereocenters. The van der Waals surface area contributed by atoms with Crippen molar-refractivity contribution in [1.82, 2.24) is 24.7 Å². The van der Waals surface area contributed by atoms with Crippen LogP contribution in [0.1, 0.15) is 69.5 Å². The number of sulfone groups is 1. The summed E-state index contributed by atoms with van der Waals surface area (Å²) in [5.74, 6) is -3.48. The van der Waals surface area contributed by atoms with E-state index >= 15 is 8.78 Å². The number of pyridine rings is 1. The number of hydrogen-bond donors (Lipinski definition) is 2. The molecular weight excluding hydrogens is 664 g/mol. The van der Waals surface area contributed by atoms with Gasteiger partial charge < -0.3 is 14.8 Å². The Morgan fingerprint density at radius 1 is 1.12 bits per heavy atom. The van der Waals surface area contributed by atoms with Crippen LogP contribution in [0.2, 0.25) is 0 Å². The monoisotopic (exact) mass is 705 g/mol. The molecule has 0 radical (unpaired) electrons. The van der Waals surface area contributed by atoms with Gasteiger partial charge in [-0.25, -0.2) is 22.5 Å². The van der Waals surface area contributed by atoms with E-state index in [9.17, 15) is 18.3 Å². The van der Waals surface area contributed by atoms with Crippen LogP contribution in [0, 0.1) is 23.0 Å². The van der Waals surface area contributed by atoms with Crippen molar-refractivity contribution in [2.45, 2.75) is 65.2 Å². The summed E-state index contributed by atoms with van der Waals surface area (Å²) < 4.78 is 65.8. The Morgan fingerprint density at radius 3 is 2.66 bits per heavy atom. The van der Waals surface area contributed by atoms with Crippen LogP contribution in [0.3, 0.4) is 0 Å². The number of H-pyrrole nitrogens is 1. The van der Waals surface area contributed by atoms with E-state index in [1.54, 1.807) is 30.8 Å². The van der Waals surface area contributed by atoms with Crippen molar-refractivity contribution in [3.8, 4) is 23.0 Å². The number of aliphatic carboxylic acids is 1. The summed E-state index contributed by atoms with van der Waals surface area (Å²) in [4.78, 5) is 23.8. The van der Waals surface area contributed by atoms with Crippen molar-refractivity contribution in [2.24, 2.45) is 18.4 Å². The molecule has 264 valence electrons. The third-order valence-electron chi connectivity index (χ3n) is 9.73. The predicted octanol–water partition coefficient (Wildman–Crippen LogP) is 7.17. The Kier molecular flexibility index (Phi) is 9.31. The lowest BCUT2D eigenvalue weighted by Gasteiger charge is -2.31. The highest BCUT2D eigenvalue weighted by molar-refractivity contribution is 7.91. The Morgan fingerprint density at radius 2 is 1.90 bits per heavy atom. The second-order valence-corrected chi connectivity index (χ2v) is 16.6. The first kappa shape index (κ1) is 35.2. The van der Waals surface area contributed by atoms with Crippen molar-refractivity contribution < 1.29 is 31.8 Å². The number of fused-ring (bicyclic) bond motifs is 8. The zero-order valence-electron chi connectivity index (χ0n) is 28.8. The van der Waals surface area contributed by atoms with Crippen LogP contribution in [-0.4, -0.2) is 55.7 Å². The third kappa shape index (κ3) is 7.01. The van der Waals surface area contributed by atoms with Crippen LogP contribution >= 0.6 is 0 Å². The molecule has 4 heterocycles. The van der Waals surface area contributed by atoms with Crippen LogP contribution in [0.4, 0.5) is 8.78 Å². The topological polar surface area (TPSA) is 140 Å². The maximum absolute atomic E-state index is 15.7. The summed E-state index contributed by atoms with van der Waals surface area (Å²) in [6, 6.07) is 12.4. The number of nitrogens with zero attached hydrogens (tertiary/aromatic N) is 4. The molecule has 50 heavy (non-hydrogen) atoms. The maximum atomic E-state index is 15.7. The molecule has 0 spiro atoms. The molecule has 2 N–H and O–H groups in total. The van der Waals surface area contributed by atoms with E-state index in [4.69, 9.17) is 14.8 Å². The van der Waals surface area contributed by atoms with Gasteiger partial charge in [-0.15, -0.1) is 0 Å². The summed E-state index contributed by atoms with van der Waals surface area (Å²) in [5.41, 5.74) is 0.992. The molecule has 0 saturated carbocycles. The number of aryl methyl sites for hydroxylation is 2. The standard InChI is InChI=1S/C37H41F2N5O5S/c1-22(34(45)46)18-23-8-6-9-24(19-23)37(4)14-7-13-36(2,3)21-50(47,48)17-12-27-26-11-16-41-31(26)29(38)30(39)32(27)49-25-10-15-40-28(20-25)33-42-35(37)43-44(33)5/h6,8-11,15-16,19-20,22,41H,7,12-14,17-18,21H2,1-5H3,(H,45,46)/t22-,37-/m1/s1. The number of halogens is 2. The van der Waals surface area contributed by atoms with Crippen LogP contribution in [0.25, 0.3) is 22.4 Å².